The molecule has 0 radical (unpaired) electrons. The highest BCUT2D eigenvalue weighted by atomic mass is 19.1. The number of benzene rings is 2. The van der Waals surface area contributed by atoms with E-state index in [9.17, 15) is 17.6 Å². The van der Waals surface area contributed by atoms with Crippen molar-refractivity contribution in [2.24, 2.45) is 4.99 Å². The van der Waals surface area contributed by atoms with Gasteiger partial charge in [-0.05, 0) is 24.3 Å². The Morgan fingerprint density at radius 3 is 2.00 bits per heavy atom. The Labute approximate surface area is 100 Å². The van der Waals surface area contributed by atoms with E-state index in [2.05, 4.69) is 4.99 Å². The van der Waals surface area contributed by atoms with Gasteiger partial charge in [0.15, 0.2) is 5.82 Å². The maximum Gasteiger partial charge on any atom is 0.151 e. The molecule has 2 aromatic carbocycles. The van der Waals surface area contributed by atoms with Gasteiger partial charge in [0, 0.05) is 23.9 Å². The van der Waals surface area contributed by atoms with Crippen LogP contribution in [-0.4, -0.2) is 6.21 Å². The van der Waals surface area contributed by atoms with Crippen LogP contribution in [0.3, 0.4) is 0 Å². The Balaban J connectivity index is 2.30. The van der Waals surface area contributed by atoms with Gasteiger partial charge in [0.1, 0.15) is 17.5 Å². The lowest BCUT2D eigenvalue weighted by atomic mass is 10.2. The second kappa shape index (κ2) is 5.00. The van der Waals surface area contributed by atoms with Crippen LogP contribution in [0.15, 0.2) is 41.4 Å². The maximum absolute atomic E-state index is 13.2. The van der Waals surface area contributed by atoms with E-state index in [1.165, 1.54) is 6.07 Å². The average molecular weight is 253 g/mol. The van der Waals surface area contributed by atoms with Crippen molar-refractivity contribution in [1.29, 1.82) is 0 Å². The lowest BCUT2D eigenvalue weighted by Crippen LogP contribution is -1.89. The lowest BCUT2D eigenvalue weighted by molar-refractivity contribution is 0.581. The minimum Gasteiger partial charge on any atom is -0.253 e. The molecule has 0 aliphatic carbocycles. The summed E-state index contributed by atoms with van der Waals surface area (Å²) in [5, 5.41) is 0. The van der Waals surface area contributed by atoms with Crippen LogP contribution >= 0.6 is 0 Å². The van der Waals surface area contributed by atoms with Gasteiger partial charge in [0.2, 0.25) is 0 Å². The van der Waals surface area contributed by atoms with Crippen LogP contribution in [0.5, 0.6) is 0 Å². The number of aliphatic imine (C=N–C) groups is 1. The fourth-order valence-electron chi connectivity index (χ4n) is 1.33. The van der Waals surface area contributed by atoms with Crippen LogP contribution in [0.4, 0.5) is 23.2 Å². The van der Waals surface area contributed by atoms with Gasteiger partial charge in [0.05, 0.1) is 5.69 Å². The Hall–Kier alpha value is -2.17. The summed E-state index contributed by atoms with van der Waals surface area (Å²) >= 11 is 0. The predicted molar refractivity (Wildman–Crippen MR) is 60.0 cm³/mol. The van der Waals surface area contributed by atoms with Crippen LogP contribution in [0.2, 0.25) is 0 Å². The Kier molecular flexibility index (Phi) is 3.41. The Morgan fingerprint density at radius 2 is 1.39 bits per heavy atom. The van der Waals surface area contributed by atoms with Crippen molar-refractivity contribution in [2.45, 2.75) is 0 Å². The zero-order chi connectivity index (χ0) is 13.1. The number of rotatable bonds is 2. The smallest absolute Gasteiger partial charge is 0.151 e. The summed E-state index contributed by atoms with van der Waals surface area (Å²) in [6.07, 6.45) is 1.05. The number of hydrogen-bond donors (Lipinski definition) is 0. The van der Waals surface area contributed by atoms with Crippen molar-refractivity contribution in [3.63, 3.8) is 0 Å². The first-order valence-corrected chi connectivity index (χ1v) is 5.00. The van der Waals surface area contributed by atoms with Gasteiger partial charge in [-0.3, -0.25) is 4.99 Å². The second-order valence-electron chi connectivity index (χ2n) is 3.52. The third-order valence-corrected chi connectivity index (χ3v) is 2.21. The molecule has 0 aromatic heterocycles. The van der Waals surface area contributed by atoms with Gasteiger partial charge in [-0.1, -0.05) is 0 Å². The van der Waals surface area contributed by atoms with E-state index in [1.54, 1.807) is 0 Å². The quantitative estimate of drug-likeness (QED) is 0.566. The molecule has 92 valence electrons. The average Bonchev–Trinajstić information content (AvgIpc) is 2.30. The summed E-state index contributed by atoms with van der Waals surface area (Å²) in [5.74, 6) is -3.09. The fraction of sp³-hybridized carbons (Fsp3) is 0. The van der Waals surface area contributed by atoms with Crippen molar-refractivity contribution >= 4 is 11.9 Å². The van der Waals surface area contributed by atoms with E-state index < -0.39 is 23.3 Å². The molecule has 0 heterocycles. The maximum atomic E-state index is 13.2. The summed E-state index contributed by atoms with van der Waals surface area (Å²) in [6.45, 7) is 0. The second-order valence-corrected chi connectivity index (χ2v) is 3.52. The molecule has 0 bridgehead atoms. The summed E-state index contributed by atoms with van der Waals surface area (Å²) in [7, 11) is 0. The molecular formula is C13H7F4N. The van der Waals surface area contributed by atoms with E-state index in [0.717, 1.165) is 24.4 Å². The molecule has 18 heavy (non-hydrogen) atoms. The molecule has 0 aliphatic rings. The van der Waals surface area contributed by atoms with Crippen molar-refractivity contribution < 1.29 is 17.6 Å². The fourth-order valence-corrected chi connectivity index (χ4v) is 1.33. The molecule has 2 aromatic rings. The molecule has 1 nitrogen and oxygen atoms in total. The molecule has 0 spiro atoms. The van der Waals surface area contributed by atoms with Crippen LogP contribution in [0, 0.1) is 23.3 Å². The molecule has 0 unspecified atom stereocenters. The molecule has 0 saturated heterocycles. The molecule has 0 amide bonds. The van der Waals surface area contributed by atoms with Gasteiger partial charge < -0.3 is 0 Å². The number of halogens is 4. The highest BCUT2D eigenvalue weighted by Gasteiger charge is 2.03. The molecule has 0 saturated carbocycles. The Morgan fingerprint density at radius 1 is 0.778 bits per heavy atom. The van der Waals surface area contributed by atoms with Gasteiger partial charge in [-0.2, -0.15) is 0 Å². The first kappa shape index (κ1) is 12.3. The van der Waals surface area contributed by atoms with Crippen LogP contribution in [0.1, 0.15) is 5.56 Å². The lowest BCUT2D eigenvalue weighted by Gasteiger charge is -1.98. The van der Waals surface area contributed by atoms with Crippen LogP contribution < -0.4 is 0 Å². The third-order valence-electron chi connectivity index (χ3n) is 2.21. The summed E-state index contributed by atoms with van der Waals surface area (Å²) < 4.78 is 51.7. The number of hydrogen-bond acceptors (Lipinski definition) is 1. The molecule has 5 heteroatoms. The van der Waals surface area contributed by atoms with E-state index in [1.807, 2.05) is 0 Å². The van der Waals surface area contributed by atoms with Gasteiger partial charge in [-0.15, -0.1) is 0 Å². The molecule has 0 N–H and O–H groups in total. The van der Waals surface area contributed by atoms with Crippen LogP contribution in [0.25, 0.3) is 0 Å². The van der Waals surface area contributed by atoms with E-state index >= 15 is 0 Å². The molecular weight excluding hydrogens is 246 g/mol. The van der Waals surface area contributed by atoms with Crippen molar-refractivity contribution in [3.05, 3.63) is 65.2 Å². The summed E-state index contributed by atoms with van der Waals surface area (Å²) in [5.41, 5.74) is -0.111. The minimum atomic E-state index is -0.853. The van der Waals surface area contributed by atoms with Gasteiger partial charge in [0.25, 0.3) is 0 Å². The first-order valence-electron chi connectivity index (χ1n) is 5.00. The largest absolute Gasteiger partial charge is 0.253 e. The first-order chi connectivity index (χ1) is 8.56. The van der Waals surface area contributed by atoms with E-state index in [0.29, 0.717) is 12.1 Å². The van der Waals surface area contributed by atoms with Crippen molar-refractivity contribution in [2.75, 3.05) is 0 Å². The third kappa shape index (κ3) is 2.74. The molecule has 0 atom stereocenters. The van der Waals surface area contributed by atoms with Gasteiger partial charge >= 0.3 is 0 Å². The highest BCUT2D eigenvalue weighted by molar-refractivity contribution is 5.82. The number of nitrogens with zero attached hydrogens (tertiary/aromatic N) is 1. The predicted octanol–water partition coefficient (Wildman–Crippen LogP) is 3.99. The zero-order valence-corrected chi connectivity index (χ0v) is 9.00. The molecule has 2 rings (SSSR count). The summed E-state index contributed by atoms with van der Waals surface area (Å²) in [4.78, 5) is 3.68. The zero-order valence-electron chi connectivity index (χ0n) is 9.00. The minimum absolute atomic E-state index is 0.0140. The van der Waals surface area contributed by atoms with E-state index in [4.69, 9.17) is 0 Å². The van der Waals surface area contributed by atoms with Gasteiger partial charge in [-0.25, -0.2) is 17.6 Å². The molecule has 0 fully saturated rings. The molecule has 0 aliphatic heterocycles. The summed E-state index contributed by atoms with van der Waals surface area (Å²) in [6, 6.07) is 5.77. The SMILES string of the molecule is Fc1ccc(C=Nc2ccc(F)cc2F)c(F)c1. The standard InChI is InChI=1S/C13H7F4N/c14-9-2-1-8(11(16)5-9)7-18-13-4-3-10(15)6-12(13)17/h1-7H. The highest BCUT2D eigenvalue weighted by Crippen LogP contribution is 2.18. The van der Waals surface area contributed by atoms with Crippen molar-refractivity contribution in [1.82, 2.24) is 0 Å². The monoisotopic (exact) mass is 253 g/mol. The Bertz CT molecular complexity index is 554. The normalized spacial score (nSPS) is 11.1. The van der Waals surface area contributed by atoms with E-state index in [-0.39, 0.29) is 11.3 Å². The van der Waals surface area contributed by atoms with Crippen LogP contribution in [-0.2, 0) is 0 Å². The van der Waals surface area contributed by atoms with Crippen molar-refractivity contribution in [3.8, 4) is 0 Å². The topological polar surface area (TPSA) is 12.4 Å².